The van der Waals surface area contributed by atoms with Crippen LogP contribution in [0.5, 0.6) is 11.5 Å². The fourth-order valence-corrected chi connectivity index (χ4v) is 3.35. The molecule has 0 spiro atoms. The average molecular weight is 545 g/mol. The molecule has 0 aliphatic rings. The molecule has 0 bridgehead atoms. The number of anilines is 1. The van der Waals surface area contributed by atoms with Crippen LogP contribution in [0.2, 0.25) is 0 Å². The maximum absolute atomic E-state index is 13.2. The first-order chi connectivity index (χ1) is 16.7. The smallest absolute Gasteiger partial charge is 0.418 e. The number of amides is 1. The highest BCUT2D eigenvalue weighted by atomic mass is 79.9. The van der Waals surface area contributed by atoms with E-state index in [1.54, 1.807) is 31.2 Å². The molecule has 180 valence electrons. The van der Waals surface area contributed by atoms with Gasteiger partial charge in [0.05, 0.1) is 17.9 Å². The second-order valence-corrected chi connectivity index (χ2v) is 8.14. The molecule has 0 saturated carbocycles. The van der Waals surface area contributed by atoms with Crippen LogP contribution in [0.4, 0.5) is 18.9 Å². The van der Waals surface area contributed by atoms with E-state index in [0.717, 1.165) is 22.2 Å². The number of hydrogen-bond donors (Lipinski definition) is 1. The fourth-order valence-electron chi connectivity index (χ4n) is 3.09. The highest BCUT2D eigenvalue weighted by molar-refractivity contribution is 9.10. The number of rotatable bonds is 8. The standard InChI is InChI=1S/C26H20BrF3N2O3/c1-2-34-24-14-18(9-12-23(24)35-16-17-7-10-20(27)11-8-17)13-19(15-31)25(33)32-22-6-4-3-5-21(22)26(28,29)30/h3-14H,2,16H2,1H3,(H,32,33). The minimum Gasteiger partial charge on any atom is -0.490 e. The lowest BCUT2D eigenvalue weighted by Gasteiger charge is -2.14. The van der Waals surface area contributed by atoms with Gasteiger partial charge in [0.2, 0.25) is 0 Å². The number of nitrogens with one attached hydrogen (secondary N) is 1. The number of alkyl halides is 3. The van der Waals surface area contributed by atoms with Crippen molar-refractivity contribution in [3.8, 4) is 17.6 Å². The van der Waals surface area contributed by atoms with Gasteiger partial charge in [0, 0.05) is 4.47 Å². The van der Waals surface area contributed by atoms with Gasteiger partial charge in [-0.3, -0.25) is 4.79 Å². The van der Waals surface area contributed by atoms with E-state index in [1.807, 2.05) is 24.3 Å². The zero-order chi connectivity index (χ0) is 25.4. The van der Waals surface area contributed by atoms with Crippen LogP contribution in [0, 0.1) is 11.3 Å². The van der Waals surface area contributed by atoms with Crippen LogP contribution >= 0.6 is 15.9 Å². The molecular formula is C26H20BrF3N2O3. The summed E-state index contributed by atoms with van der Waals surface area (Å²) < 4.78 is 52.1. The second kappa shape index (κ2) is 11.6. The number of benzene rings is 3. The van der Waals surface area contributed by atoms with Gasteiger partial charge in [-0.25, -0.2) is 0 Å². The quantitative estimate of drug-likeness (QED) is 0.245. The van der Waals surface area contributed by atoms with Crippen molar-refractivity contribution in [3.63, 3.8) is 0 Å². The molecule has 3 aromatic rings. The first-order valence-corrected chi connectivity index (χ1v) is 11.2. The maximum Gasteiger partial charge on any atom is 0.418 e. The Labute approximate surface area is 208 Å². The second-order valence-electron chi connectivity index (χ2n) is 7.22. The van der Waals surface area contributed by atoms with Crippen LogP contribution in [-0.4, -0.2) is 12.5 Å². The molecule has 0 aromatic heterocycles. The van der Waals surface area contributed by atoms with Gasteiger partial charge >= 0.3 is 6.18 Å². The van der Waals surface area contributed by atoms with Crippen molar-refractivity contribution >= 4 is 33.6 Å². The minimum absolute atomic E-state index is 0.299. The molecule has 0 fully saturated rings. The van der Waals surface area contributed by atoms with Gasteiger partial charge in [-0.1, -0.05) is 46.3 Å². The lowest BCUT2D eigenvalue weighted by atomic mass is 10.1. The molecule has 0 aliphatic heterocycles. The summed E-state index contributed by atoms with van der Waals surface area (Å²) >= 11 is 3.38. The first-order valence-electron chi connectivity index (χ1n) is 10.4. The summed E-state index contributed by atoms with van der Waals surface area (Å²) in [5, 5.41) is 11.6. The molecule has 0 aliphatic carbocycles. The van der Waals surface area contributed by atoms with Gasteiger partial charge in [0.1, 0.15) is 18.2 Å². The Bertz CT molecular complexity index is 1270. The molecule has 5 nitrogen and oxygen atoms in total. The summed E-state index contributed by atoms with van der Waals surface area (Å²) in [5.74, 6) is -0.0924. The maximum atomic E-state index is 13.2. The van der Waals surface area contributed by atoms with E-state index in [-0.39, 0.29) is 5.57 Å². The van der Waals surface area contributed by atoms with E-state index in [9.17, 15) is 23.2 Å². The Kier molecular flexibility index (Phi) is 8.55. The zero-order valence-electron chi connectivity index (χ0n) is 18.5. The molecule has 0 atom stereocenters. The number of carbonyl (C=O) groups excluding carboxylic acids is 1. The van der Waals surface area contributed by atoms with Gasteiger partial charge in [-0.05, 0) is 60.5 Å². The predicted molar refractivity (Wildman–Crippen MR) is 130 cm³/mol. The average Bonchev–Trinajstić information content (AvgIpc) is 2.83. The van der Waals surface area contributed by atoms with E-state index in [2.05, 4.69) is 21.2 Å². The Morgan fingerprint density at radius 2 is 1.77 bits per heavy atom. The van der Waals surface area contributed by atoms with E-state index in [4.69, 9.17) is 9.47 Å². The summed E-state index contributed by atoms with van der Waals surface area (Å²) in [5.41, 5.74) is -0.412. The highest BCUT2D eigenvalue weighted by Gasteiger charge is 2.33. The lowest BCUT2D eigenvalue weighted by molar-refractivity contribution is -0.137. The van der Waals surface area contributed by atoms with Gasteiger partial charge in [-0.2, -0.15) is 18.4 Å². The van der Waals surface area contributed by atoms with Crippen molar-refractivity contribution in [2.75, 3.05) is 11.9 Å². The Morgan fingerprint density at radius 1 is 1.06 bits per heavy atom. The Hall–Kier alpha value is -3.77. The van der Waals surface area contributed by atoms with Gasteiger partial charge in [-0.15, -0.1) is 0 Å². The first kappa shape index (κ1) is 25.8. The fraction of sp³-hybridized carbons (Fsp3) is 0.154. The summed E-state index contributed by atoms with van der Waals surface area (Å²) in [6.45, 7) is 2.45. The van der Waals surface area contributed by atoms with Gasteiger partial charge in [0.25, 0.3) is 5.91 Å². The van der Waals surface area contributed by atoms with Crippen LogP contribution in [0.15, 0.2) is 76.8 Å². The molecule has 35 heavy (non-hydrogen) atoms. The highest BCUT2D eigenvalue weighted by Crippen LogP contribution is 2.35. The van der Waals surface area contributed by atoms with Crippen molar-refractivity contribution < 1.29 is 27.4 Å². The number of para-hydroxylation sites is 1. The van der Waals surface area contributed by atoms with E-state index >= 15 is 0 Å². The van der Waals surface area contributed by atoms with Crippen molar-refractivity contribution in [1.82, 2.24) is 0 Å². The number of carbonyl (C=O) groups is 1. The molecule has 3 aromatic carbocycles. The molecule has 1 N–H and O–H groups in total. The monoisotopic (exact) mass is 544 g/mol. The van der Waals surface area contributed by atoms with Crippen molar-refractivity contribution in [1.29, 1.82) is 5.26 Å². The molecule has 3 rings (SSSR count). The molecule has 1 amide bonds. The summed E-state index contributed by atoms with van der Waals surface area (Å²) in [6.07, 6.45) is -3.38. The third kappa shape index (κ3) is 7.11. The molecular weight excluding hydrogens is 525 g/mol. The van der Waals surface area contributed by atoms with Gasteiger partial charge in [0.15, 0.2) is 11.5 Å². The molecule has 0 unspecified atom stereocenters. The van der Waals surface area contributed by atoms with Crippen LogP contribution in [-0.2, 0) is 17.6 Å². The number of nitrogens with zero attached hydrogens (tertiary/aromatic N) is 1. The normalized spacial score (nSPS) is 11.5. The zero-order valence-corrected chi connectivity index (χ0v) is 20.1. The number of hydrogen-bond acceptors (Lipinski definition) is 4. The van der Waals surface area contributed by atoms with Crippen molar-refractivity contribution in [3.05, 3.63) is 93.5 Å². The molecule has 0 radical (unpaired) electrons. The van der Waals surface area contributed by atoms with E-state index < -0.39 is 23.3 Å². The number of ether oxygens (including phenoxy) is 2. The number of halogens is 4. The van der Waals surface area contributed by atoms with Crippen LogP contribution < -0.4 is 14.8 Å². The lowest BCUT2D eigenvalue weighted by Crippen LogP contribution is -2.17. The van der Waals surface area contributed by atoms with Crippen LogP contribution in [0.3, 0.4) is 0 Å². The van der Waals surface area contributed by atoms with Crippen molar-refractivity contribution in [2.45, 2.75) is 19.7 Å². The van der Waals surface area contributed by atoms with E-state index in [1.165, 1.54) is 18.2 Å². The summed E-state index contributed by atoms with van der Waals surface area (Å²) in [4.78, 5) is 12.6. The topological polar surface area (TPSA) is 71.3 Å². The third-order valence-corrected chi connectivity index (χ3v) is 5.26. The number of nitriles is 1. The van der Waals surface area contributed by atoms with Crippen LogP contribution in [0.1, 0.15) is 23.6 Å². The summed E-state index contributed by atoms with van der Waals surface area (Å²) in [6, 6.07) is 18.8. The largest absolute Gasteiger partial charge is 0.490 e. The molecule has 9 heteroatoms. The van der Waals surface area contributed by atoms with Crippen molar-refractivity contribution in [2.24, 2.45) is 0 Å². The molecule has 0 heterocycles. The third-order valence-electron chi connectivity index (χ3n) is 4.73. The predicted octanol–water partition coefficient (Wildman–Crippen LogP) is 6.99. The minimum atomic E-state index is -4.65. The summed E-state index contributed by atoms with van der Waals surface area (Å²) in [7, 11) is 0. The van der Waals surface area contributed by atoms with Crippen LogP contribution in [0.25, 0.3) is 6.08 Å². The van der Waals surface area contributed by atoms with E-state index in [0.29, 0.717) is 30.3 Å². The Balaban J connectivity index is 1.81. The SMILES string of the molecule is CCOc1cc(C=C(C#N)C(=O)Nc2ccccc2C(F)(F)F)ccc1OCc1ccc(Br)cc1. The Morgan fingerprint density at radius 3 is 2.43 bits per heavy atom. The molecule has 0 saturated heterocycles. The van der Waals surface area contributed by atoms with Gasteiger partial charge < -0.3 is 14.8 Å².